The van der Waals surface area contributed by atoms with Crippen LogP contribution in [0.4, 0.5) is 0 Å². The molecule has 0 aliphatic rings. The van der Waals surface area contributed by atoms with Gasteiger partial charge in [-0.1, -0.05) is 6.07 Å². The highest BCUT2D eigenvalue weighted by Gasteiger charge is 2.18. The minimum atomic E-state index is -0.188. The van der Waals surface area contributed by atoms with Gasteiger partial charge >= 0.3 is 0 Å². The fraction of sp³-hybridized carbons (Fsp3) is 0.190. The van der Waals surface area contributed by atoms with E-state index in [1.165, 1.54) is 4.68 Å². The number of methoxy groups -OCH3 is 2. The average molecular weight is 376 g/mol. The molecular weight excluding hydrogens is 356 g/mol. The number of hydrogen-bond donors (Lipinski definition) is 0. The molecule has 0 amide bonds. The van der Waals surface area contributed by atoms with Crippen molar-refractivity contribution in [1.82, 2.24) is 19.3 Å². The van der Waals surface area contributed by atoms with Gasteiger partial charge in [-0.3, -0.25) is 4.79 Å². The van der Waals surface area contributed by atoms with Crippen LogP contribution < -0.4 is 15.0 Å². The zero-order chi connectivity index (χ0) is 19.8. The van der Waals surface area contributed by atoms with E-state index in [9.17, 15) is 4.79 Å². The summed E-state index contributed by atoms with van der Waals surface area (Å²) in [6.07, 6.45) is 3.29. The Morgan fingerprint density at radius 2 is 1.75 bits per heavy atom. The quantitative estimate of drug-likeness (QED) is 0.547. The van der Waals surface area contributed by atoms with Crippen LogP contribution in [0.15, 0.2) is 53.6 Å². The van der Waals surface area contributed by atoms with Gasteiger partial charge in [-0.15, -0.1) is 0 Å². The molecule has 0 unspecified atom stereocenters. The first kappa shape index (κ1) is 17.8. The van der Waals surface area contributed by atoms with Crippen LogP contribution in [-0.4, -0.2) is 33.6 Å². The van der Waals surface area contributed by atoms with Gasteiger partial charge in [0.1, 0.15) is 5.75 Å². The lowest BCUT2D eigenvalue weighted by atomic mass is 10.2. The molecule has 0 saturated carbocycles. The van der Waals surface area contributed by atoms with Crippen LogP contribution in [0.5, 0.6) is 11.6 Å². The first-order chi connectivity index (χ1) is 13.5. The van der Waals surface area contributed by atoms with Crippen molar-refractivity contribution < 1.29 is 9.47 Å². The van der Waals surface area contributed by atoms with Crippen LogP contribution in [0.1, 0.15) is 11.4 Å². The Morgan fingerprint density at radius 3 is 2.43 bits per heavy atom. The molecule has 0 aliphatic heterocycles. The van der Waals surface area contributed by atoms with Crippen LogP contribution in [0, 0.1) is 13.8 Å². The second-order valence-electron chi connectivity index (χ2n) is 6.42. The standard InChI is InChI=1S/C21H20N4O3/c1-13-18-12-23-25(16-8-9-19(28-4)22-11-16)21(26)20(18)14(2)24(13)15-6-5-7-17(10-15)27-3/h5-12H,1-4H3. The van der Waals surface area contributed by atoms with Crippen LogP contribution in [0.3, 0.4) is 0 Å². The van der Waals surface area contributed by atoms with Crippen molar-refractivity contribution in [3.8, 4) is 23.0 Å². The Morgan fingerprint density at radius 1 is 0.929 bits per heavy atom. The van der Waals surface area contributed by atoms with E-state index >= 15 is 0 Å². The summed E-state index contributed by atoms with van der Waals surface area (Å²) in [4.78, 5) is 17.4. The first-order valence-corrected chi connectivity index (χ1v) is 8.80. The Kier molecular flexibility index (Phi) is 4.35. The third-order valence-electron chi connectivity index (χ3n) is 4.89. The van der Waals surface area contributed by atoms with Crippen LogP contribution >= 0.6 is 0 Å². The second kappa shape index (κ2) is 6.84. The number of rotatable bonds is 4. The van der Waals surface area contributed by atoms with E-state index in [0.717, 1.165) is 28.2 Å². The topological polar surface area (TPSA) is 71.2 Å². The highest BCUT2D eigenvalue weighted by atomic mass is 16.5. The fourth-order valence-electron chi connectivity index (χ4n) is 3.50. The molecule has 0 saturated heterocycles. The number of hydrogen-bond acceptors (Lipinski definition) is 5. The molecule has 4 rings (SSSR count). The fourth-order valence-corrected chi connectivity index (χ4v) is 3.50. The van der Waals surface area contributed by atoms with Crippen molar-refractivity contribution >= 4 is 10.8 Å². The lowest BCUT2D eigenvalue weighted by Gasteiger charge is -2.10. The van der Waals surface area contributed by atoms with E-state index in [1.54, 1.807) is 38.7 Å². The summed E-state index contributed by atoms with van der Waals surface area (Å²) in [5, 5.41) is 5.81. The number of nitrogens with zero attached hydrogens (tertiary/aromatic N) is 4. The molecule has 0 aliphatic carbocycles. The second-order valence-corrected chi connectivity index (χ2v) is 6.42. The largest absolute Gasteiger partial charge is 0.497 e. The minimum absolute atomic E-state index is 0.188. The summed E-state index contributed by atoms with van der Waals surface area (Å²) in [5.74, 6) is 1.24. The first-order valence-electron chi connectivity index (χ1n) is 8.80. The Balaban J connectivity index is 1.94. The van der Waals surface area contributed by atoms with E-state index in [4.69, 9.17) is 9.47 Å². The third kappa shape index (κ3) is 2.72. The predicted octanol–water partition coefficient (Wildman–Crippen LogP) is 3.21. The molecule has 4 aromatic rings. The van der Waals surface area contributed by atoms with Crippen molar-refractivity contribution in [1.29, 1.82) is 0 Å². The Hall–Kier alpha value is -3.61. The van der Waals surface area contributed by atoms with Crippen LogP contribution in [-0.2, 0) is 0 Å². The van der Waals surface area contributed by atoms with E-state index in [0.29, 0.717) is 17.0 Å². The lowest BCUT2D eigenvalue weighted by Crippen LogP contribution is -2.21. The molecule has 0 N–H and O–H groups in total. The molecule has 142 valence electrons. The van der Waals surface area contributed by atoms with Gasteiger partial charge in [-0.05, 0) is 32.0 Å². The molecule has 0 fully saturated rings. The number of aryl methyl sites for hydroxylation is 2. The normalized spacial score (nSPS) is 11.0. The van der Waals surface area contributed by atoms with Crippen LogP contribution in [0.25, 0.3) is 22.1 Å². The van der Waals surface area contributed by atoms with Crippen LogP contribution in [0.2, 0.25) is 0 Å². The number of ether oxygens (including phenoxy) is 2. The van der Waals surface area contributed by atoms with Gasteiger partial charge in [0.25, 0.3) is 5.56 Å². The smallest absolute Gasteiger partial charge is 0.281 e. The molecule has 0 spiro atoms. The van der Waals surface area contributed by atoms with Gasteiger partial charge < -0.3 is 14.0 Å². The average Bonchev–Trinajstić information content (AvgIpc) is 2.99. The zero-order valence-corrected chi connectivity index (χ0v) is 16.1. The number of pyridine rings is 1. The third-order valence-corrected chi connectivity index (χ3v) is 4.89. The van der Waals surface area contributed by atoms with Gasteiger partial charge in [-0.2, -0.15) is 9.78 Å². The summed E-state index contributed by atoms with van der Waals surface area (Å²) in [5.41, 5.74) is 3.13. The van der Waals surface area contributed by atoms with Gasteiger partial charge in [0.05, 0.1) is 37.7 Å². The molecule has 28 heavy (non-hydrogen) atoms. The highest BCUT2D eigenvalue weighted by molar-refractivity contribution is 5.88. The molecule has 3 heterocycles. The maximum atomic E-state index is 13.2. The summed E-state index contributed by atoms with van der Waals surface area (Å²) < 4.78 is 13.8. The minimum Gasteiger partial charge on any atom is -0.497 e. The molecule has 1 aromatic carbocycles. The Bertz CT molecular complexity index is 1220. The molecular formula is C21H20N4O3. The van der Waals surface area contributed by atoms with Gasteiger partial charge in [0, 0.05) is 34.6 Å². The maximum Gasteiger partial charge on any atom is 0.281 e. The maximum absolute atomic E-state index is 13.2. The molecule has 7 nitrogen and oxygen atoms in total. The molecule has 3 aromatic heterocycles. The van der Waals surface area contributed by atoms with Crippen molar-refractivity contribution in [2.75, 3.05) is 14.2 Å². The lowest BCUT2D eigenvalue weighted by molar-refractivity contribution is 0.397. The summed E-state index contributed by atoms with van der Waals surface area (Å²) in [6, 6.07) is 11.2. The van der Waals surface area contributed by atoms with Gasteiger partial charge in [0.2, 0.25) is 5.88 Å². The van der Waals surface area contributed by atoms with Crippen molar-refractivity contribution in [3.05, 3.63) is 70.5 Å². The molecule has 7 heteroatoms. The molecule has 0 bridgehead atoms. The highest BCUT2D eigenvalue weighted by Crippen LogP contribution is 2.27. The Labute approximate surface area is 161 Å². The monoisotopic (exact) mass is 376 g/mol. The van der Waals surface area contributed by atoms with Gasteiger partial charge in [-0.25, -0.2) is 4.98 Å². The number of benzene rings is 1. The van der Waals surface area contributed by atoms with Crippen molar-refractivity contribution in [2.24, 2.45) is 0 Å². The van der Waals surface area contributed by atoms with E-state index < -0.39 is 0 Å². The molecule has 0 atom stereocenters. The summed E-state index contributed by atoms with van der Waals surface area (Å²) in [6.45, 7) is 3.92. The van der Waals surface area contributed by atoms with Crippen molar-refractivity contribution in [3.63, 3.8) is 0 Å². The van der Waals surface area contributed by atoms with E-state index in [1.807, 2.05) is 42.7 Å². The summed E-state index contributed by atoms with van der Waals surface area (Å²) >= 11 is 0. The van der Waals surface area contributed by atoms with E-state index in [-0.39, 0.29) is 5.56 Å². The number of aromatic nitrogens is 4. The predicted molar refractivity (Wildman–Crippen MR) is 107 cm³/mol. The number of fused-ring (bicyclic) bond motifs is 1. The molecule has 0 radical (unpaired) electrons. The summed E-state index contributed by atoms with van der Waals surface area (Å²) in [7, 11) is 3.18. The van der Waals surface area contributed by atoms with Gasteiger partial charge in [0.15, 0.2) is 0 Å². The zero-order valence-electron chi connectivity index (χ0n) is 16.1. The SMILES string of the molecule is COc1cccc(-n2c(C)c3cnn(-c4ccc(OC)nc4)c(=O)c3c2C)c1. The van der Waals surface area contributed by atoms with Crippen molar-refractivity contribution in [2.45, 2.75) is 13.8 Å². The van der Waals surface area contributed by atoms with E-state index in [2.05, 4.69) is 10.1 Å².